The van der Waals surface area contributed by atoms with E-state index in [-0.39, 0.29) is 0 Å². The number of aryl methyl sites for hydroxylation is 1. The van der Waals surface area contributed by atoms with Crippen molar-refractivity contribution in [1.82, 2.24) is 15.0 Å². The van der Waals surface area contributed by atoms with Crippen molar-refractivity contribution in [2.75, 3.05) is 12.4 Å². The highest BCUT2D eigenvalue weighted by atomic mass is 32.1. The van der Waals surface area contributed by atoms with Crippen LogP contribution in [0.25, 0.3) is 0 Å². The van der Waals surface area contributed by atoms with Crippen molar-refractivity contribution in [1.29, 1.82) is 0 Å². The normalized spacial score (nSPS) is 10.1. The Bertz CT molecular complexity index is 458. The molecule has 0 aliphatic heterocycles. The first-order chi connectivity index (χ1) is 7.78. The van der Waals surface area contributed by atoms with Crippen molar-refractivity contribution in [3.05, 3.63) is 28.3 Å². The molecule has 16 heavy (non-hydrogen) atoms. The standard InChI is InChI=1S/C10H12N4OS/c1-7-3-9(15-2)14-10(13-7)12-5-8-4-11-6-16-8/h3-4,6H,5H2,1-2H3,(H,12,13,14). The first-order valence-corrected chi connectivity index (χ1v) is 5.67. The molecular weight excluding hydrogens is 224 g/mol. The molecule has 84 valence electrons. The van der Waals surface area contributed by atoms with Gasteiger partial charge in [0.2, 0.25) is 11.8 Å². The Morgan fingerprint density at radius 2 is 2.31 bits per heavy atom. The minimum Gasteiger partial charge on any atom is -0.481 e. The van der Waals surface area contributed by atoms with E-state index in [0.29, 0.717) is 18.4 Å². The van der Waals surface area contributed by atoms with Crippen LogP contribution in [-0.2, 0) is 6.54 Å². The van der Waals surface area contributed by atoms with E-state index in [1.54, 1.807) is 30.0 Å². The van der Waals surface area contributed by atoms with Crippen LogP contribution in [0.4, 0.5) is 5.95 Å². The molecule has 2 rings (SSSR count). The number of methoxy groups -OCH3 is 1. The van der Waals surface area contributed by atoms with Gasteiger partial charge in [-0.15, -0.1) is 11.3 Å². The van der Waals surface area contributed by atoms with E-state index in [0.717, 1.165) is 10.6 Å². The molecule has 0 unspecified atom stereocenters. The summed E-state index contributed by atoms with van der Waals surface area (Å²) < 4.78 is 5.07. The third-order valence-corrected chi connectivity index (χ3v) is 2.72. The van der Waals surface area contributed by atoms with E-state index < -0.39 is 0 Å². The summed E-state index contributed by atoms with van der Waals surface area (Å²) in [5.74, 6) is 1.14. The van der Waals surface area contributed by atoms with Gasteiger partial charge in [0.25, 0.3) is 0 Å². The number of rotatable bonds is 4. The van der Waals surface area contributed by atoms with Crippen LogP contribution >= 0.6 is 11.3 Å². The first kappa shape index (κ1) is 10.8. The second-order valence-electron chi connectivity index (χ2n) is 3.20. The van der Waals surface area contributed by atoms with Gasteiger partial charge in [0, 0.05) is 22.8 Å². The maximum Gasteiger partial charge on any atom is 0.226 e. The third-order valence-electron chi connectivity index (χ3n) is 1.94. The van der Waals surface area contributed by atoms with Crippen molar-refractivity contribution in [3.63, 3.8) is 0 Å². The minimum absolute atomic E-state index is 0.569. The van der Waals surface area contributed by atoms with Crippen LogP contribution in [0, 0.1) is 6.92 Å². The molecule has 0 bridgehead atoms. The average molecular weight is 236 g/mol. The molecule has 1 N–H and O–H groups in total. The Hall–Kier alpha value is -1.69. The largest absolute Gasteiger partial charge is 0.481 e. The zero-order valence-electron chi connectivity index (χ0n) is 9.10. The molecule has 2 heterocycles. The molecule has 0 atom stereocenters. The third kappa shape index (κ3) is 2.66. The maximum absolute atomic E-state index is 5.07. The van der Waals surface area contributed by atoms with Crippen LogP contribution < -0.4 is 10.1 Å². The van der Waals surface area contributed by atoms with Crippen molar-refractivity contribution < 1.29 is 4.74 Å². The van der Waals surface area contributed by atoms with Crippen molar-refractivity contribution in [2.45, 2.75) is 13.5 Å². The van der Waals surface area contributed by atoms with Crippen LogP contribution in [-0.4, -0.2) is 22.1 Å². The predicted octanol–water partition coefficient (Wildman–Crippen LogP) is 1.86. The van der Waals surface area contributed by atoms with Gasteiger partial charge in [-0.2, -0.15) is 4.98 Å². The van der Waals surface area contributed by atoms with Gasteiger partial charge in [-0.25, -0.2) is 4.98 Å². The van der Waals surface area contributed by atoms with Crippen LogP contribution in [0.2, 0.25) is 0 Å². The Morgan fingerprint density at radius 1 is 1.44 bits per heavy atom. The van der Waals surface area contributed by atoms with Crippen LogP contribution in [0.5, 0.6) is 5.88 Å². The number of anilines is 1. The number of ether oxygens (including phenoxy) is 1. The molecule has 0 saturated carbocycles. The highest BCUT2D eigenvalue weighted by molar-refractivity contribution is 7.09. The molecule has 0 aromatic carbocycles. The summed E-state index contributed by atoms with van der Waals surface area (Å²) >= 11 is 1.60. The lowest BCUT2D eigenvalue weighted by molar-refractivity contribution is 0.397. The molecular formula is C10H12N4OS. The number of nitrogens with zero attached hydrogens (tertiary/aromatic N) is 3. The molecule has 5 nitrogen and oxygen atoms in total. The monoisotopic (exact) mass is 236 g/mol. The van der Waals surface area contributed by atoms with Crippen molar-refractivity contribution in [3.8, 4) is 5.88 Å². The fraction of sp³-hybridized carbons (Fsp3) is 0.300. The van der Waals surface area contributed by atoms with Gasteiger partial charge in [-0.05, 0) is 6.92 Å². The van der Waals surface area contributed by atoms with Crippen molar-refractivity contribution >= 4 is 17.3 Å². The highest BCUT2D eigenvalue weighted by Crippen LogP contribution is 2.13. The quantitative estimate of drug-likeness (QED) is 0.878. The number of hydrogen-bond donors (Lipinski definition) is 1. The molecule has 0 fully saturated rings. The first-order valence-electron chi connectivity index (χ1n) is 4.79. The van der Waals surface area contributed by atoms with E-state index in [1.807, 2.05) is 13.1 Å². The summed E-state index contributed by atoms with van der Waals surface area (Å²) in [5, 5.41) is 3.13. The second kappa shape index (κ2) is 4.89. The Labute approximate surface area is 97.5 Å². The number of aromatic nitrogens is 3. The molecule has 0 amide bonds. The molecule has 0 aliphatic rings. The number of hydrogen-bond acceptors (Lipinski definition) is 6. The Balaban J connectivity index is 2.06. The Kier molecular flexibility index (Phi) is 3.31. The fourth-order valence-corrected chi connectivity index (χ4v) is 1.75. The van der Waals surface area contributed by atoms with Crippen LogP contribution in [0.3, 0.4) is 0 Å². The molecule has 2 aromatic rings. The smallest absolute Gasteiger partial charge is 0.226 e. The van der Waals surface area contributed by atoms with E-state index in [9.17, 15) is 0 Å². The van der Waals surface area contributed by atoms with Crippen LogP contribution in [0.1, 0.15) is 10.6 Å². The summed E-state index contributed by atoms with van der Waals surface area (Å²) in [4.78, 5) is 13.6. The lowest BCUT2D eigenvalue weighted by Gasteiger charge is -2.05. The molecule has 0 radical (unpaired) electrons. The van der Waals surface area contributed by atoms with Gasteiger partial charge < -0.3 is 10.1 Å². The maximum atomic E-state index is 5.07. The zero-order chi connectivity index (χ0) is 11.4. The van der Waals surface area contributed by atoms with E-state index >= 15 is 0 Å². The molecule has 0 aliphatic carbocycles. The van der Waals surface area contributed by atoms with E-state index in [1.165, 1.54) is 0 Å². The molecule has 0 spiro atoms. The summed E-state index contributed by atoms with van der Waals surface area (Å²) in [5.41, 5.74) is 2.67. The van der Waals surface area contributed by atoms with Gasteiger partial charge in [0.1, 0.15) is 0 Å². The zero-order valence-corrected chi connectivity index (χ0v) is 9.91. The molecule has 0 saturated heterocycles. The lowest BCUT2D eigenvalue weighted by Crippen LogP contribution is -2.04. The SMILES string of the molecule is COc1cc(C)nc(NCc2cncs2)n1. The summed E-state index contributed by atoms with van der Waals surface area (Å²) in [6.45, 7) is 2.58. The van der Waals surface area contributed by atoms with E-state index in [4.69, 9.17) is 4.74 Å². The minimum atomic E-state index is 0.569. The fourth-order valence-electron chi connectivity index (χ4n) is 1.22. The number of thiazole rings is 1. The van der Waals surface area contributed by atoms with Gasteiger partial charge >= 0.3 is 0 Å². The van der Waals surface area contributed by atoms with Gasteiger partial charge in [-0.1, -0.05) is 0 Å². The van der Waals surface area contributed by atoms with Gasteiger partial charge in [0.05, 0.1) is 19.2 Å². The lowest BCUT2D eigenvalue weighted by atomic mass is 10.4. The van der Waals surface area contributed by atoms with Gasteiger partial charge in [0.15, 0.2) is 0 Å². The molecule has 6 heteroatoms. The van der Waals surface area contributed by atoms with Gasteiger partial charge in [-0.3, -0.25) is 4.98 Å². The Morgan fingerprint density at radius 3 is 3.00 bits per heavy atom. The summed E-state index contributed by atoms with van der Waals surface area (Å²) in [6, 6.07) is 1.79. The second-order valence-corrected chi connectivity index (χ2v) is 4.17. The average Bonchev–Trinajstić information content (AvgIpc) is 2.78. The number of nitrogens with one attached hydrogen (secondary N) is 1. The summed E-state index contributed by atoms with van der Waals surface area (Å²) in [6.07, 6.45) is 1.82. The van der Waals surface area contributed by atoms with Crippen molar-refractivity contribution in [2.24, 2.45) is 0 Å². The predicted molar refractivity (Wildman–Crippen MR) is 62.8 cm³/mol. The summed E-state index contributed by atoms with van der Waals surface area (Å²) in [7, 11) is 1.59. The highest BCUT2D eigenvalue weighted by Gasteiger charge is 2.02. The van der Waals surface area contributed by atoms with E-state index in [2.05, 4.69) is 20.3 Å². The molecule has 2 aromatic heterocycles. The topological polar surface area (TPSA) is 59.9 Å². The van der Waals surface area contributed by atoms with Crippen LogP contribution in [0.15, 0.2) is 17.8 Å².